The van der Waals surface area contributed by atoms with E-state index in [4.69, 9.17) is 23.7 Å². The maximum atomic E-state index is 13.1. The van der Waals surface area contributed by atoms with Gasteiger partial charge in [0.05, 0.1) is 35.5 Å². The molecule has 9 amide bonds. The number of methoxy groups -OCH3 is 5. The molecule has 0 radical (unpaired) electrons. The molecule has 2 saturated heterocycles. The minimum atomic E-state index is -3.59. The van der Waals surface area contributed by atoms with Crippen LogP contribution in [0.3, 0.4) is 0 Å². The second kappa shape index (κ2) is 54.6. The summed E-state index contributed by atoms with van der Waals surface area (Å²) in [5, 5.41) is 9.10. The number of allylic oxidation sites excluding steroid dienone is 1. The normalized spacial score (nSPS) is 16.5. The highest BCUT2D eigenvalue weighted by molar-refractivity contribution is 8.00. The number of fused-ring (bicyclic) bond motifs is 7. The molecule has 0 unspecified atom stereocenters. The highest BCUT2D eigenvalue weighted by Gasteiger charge is 2.32. The van der Waals surface area contributed by atoms with E-state index in [1.807, 2.05) is 162 Å². The van der Waals surface area contributed by atoms with Gasteiger partial charge in [0.15, 0.2) is 0 Å². The van der Waals surface area contributed by atoms with E-state index in [9.17, 15) is 32.4 Å². The molecular formula is C109H133N15O12S7. The number of likely N-dealkylation sites (tertiary alicyclic amines) is 1. The lowest BCUT2D eigenvalue weighted by Crippen LogP contribution is -2.53. The van der Waals surface area contributed by atoms with Crippen molar-refractivity contribution >= 4 is 128 Å². The number of hydrogen-bond acceptors (Lipinski definition) is 21. The van der Waals surface area contributed by atoms with Crippen molar-refractivity contribution < 1.29 is 56.1 Å². The summed E-state index contributed by atoms with van der Waals surface area (Å²) in [5.74, 6) is 9.77. The van der Waals surface area contributed by atoms with Crippen molar-refractivity contribution in [3.05, 3.63) is 280 Å². The molecule has 0 atom stereocenters. The second-order valence-electron chi connectivity index (χ2n) is 35.6. The molecule has 5 N–H and O–H groups in total. The number of amides is 9. The summed E-state index contributed by atoms with van der Waals surface area (Å²) in [6.07, 6.45) is 16.6. The number of hydrogen-bond donors (Lipinski definition) is 5. The largest absolute Gasteiger partial charge is 0.497 e. The van der Waals surface area contributed by atoms with Gasteiger partial charge in [0.1, 0.15) is 28.7 Å². The van der Waals surface area contributed by atoms with Crippen LogP contribution < -0.4 is 49.3 Å². The third-order valence-electron chi connectivity index (χ3n) is 26.1. The lowest BCUT2D eigenvalue weighted by Gasteiger charge is -2.38. The molecule has 9 aliphatic heterocycles. The highest BCUT2D eigenvalue weighted by atomic mass is 32.2. The smallest absolute Gasteiger partial charge is 0.320 e. The fourth-order valence-electron chi connectivity index (χ4n) is 18.2. The first-order valence-electron chi connectivity index (χ1n) is 49.3. The average Bonchev–Trinajstić information content (AvgIpc) is 1.79. The number of urea groups is 4. The number of thioether (sulfide) groups is 6. The van der Waals surface area contributed by atoms with Gasteiger partial charge >= 0.3 is 34.3 Å². The molecule has 10 aliphatic rings. The number of carbonyl (C=O) groups excluding carboxylic acids is 5. The molecular weight excluding hydrogens is 1940 g/mol. The number of H-pyrrole nitrogens is 1. The van der Waals surface area contributed by atoms with E-state index in [2.05, 4.69) is 144 Å². The maximum absolute atomic E-state index is 13.1. The zero-order chi connectivity index (χ0) is 99.5. The topological polar surface area (TPSA) is 271 Å². The third-order valence-corrected chi connectivity index (χ3v) is 34.1. The third kappa shape index (κ3) is 31.4. The Morgan fingerprint density at radius 3 is 1.36 bits per heavy atom. The zero-order valence-corrected chi connectivity index (χ0v) is 88.2. The number of piperazine rings is 1. The monoisotopic (exact) mass is 2070 g/mol. The standard InChI is InChI=1S/C21H25N3O2S.C21H24N2O2S.C18H26N2O2S.C17H21N3O2S.C16H19N3OS.C16H18N2O3S2/c1-26-19-7-8-20-17(15-19)16-24(13-14-27-20)21(25)23-11-9-22(10-12-23)18-5-3-2-4-6-18;1-25-19-7-8-20-18(12-19)14-23(9-10-26-20)21(24)22-13-15-5-6-16-3-2-4-17(16)11-15;1-22-16-5-6-17-15(13-16)14-20(11-12-23-17)18(21)7-10-19-8-3-2-4-9-19;1-22-15-4-5-16-13(11-15)12-20(9-10-23-16)17(21)19-8-6-14-3-2-7-18-14;20-16(18-9-7-14-5-3-8-17-14)19-10-11-21-15-6-2-1-4-13(15)12-19;1-21-15-7-8-16-13(11-15)12-18(9-10-22-16)23(19,20)17-14-5-3-2-4-6-14/h2-8,15H,9-14,16H2,1H3;5-8,11-12H,2-4,9-10,13-14H2,1H3,(H,22,24);5-6,13H,2-4,7-12,14H2,1H3;2-5,7,11,18H,6,8-10,12H2,1H3,(H,19,21);1-2,4-6,8H,3,7,9-12H2,(H,18,20);2-8,11,17H,9-10,12H2,1H3. The van der Waals surface area contributed by atoms with E-state index in [0.717, 1.165) is 194 Å². The number of piperidine rings is 1. The molecule has 2 fully saturated rings. The number of aromatic amines is 1. The van der Waals surface area contributed by atoms with Crippen LogP contribution in [0, 0.1) is 0 Å². The average molecular weight is 2070 g/mol. The molecule has 1 aliphatic carbocycles. The molecule has 20 rings (SSSR count). The number of carbonyl (C=O) groups is 5. The summed E-state index contributed by atoms with van der Waals surface area (Å²) in [6.45, 7) is 16.3. The summed E-state index contributed by atoms with van der Waals surface area (Å²) >= 11 is 10.7. The van der Waals surface area contributed by atoms with Crippen molar-refractivity contribution in [3.63, 3.8) is 0 Å². The number of aromatic nitrogens is 1. The molecule has 143 heavy (non-hydrogen) atoms. The van der Waals surface area contributed by atoms with E-state index in [1.54, 1.807) is 95.1 Å². The Labute approximate surface area is 868 Å². The van der Waals surface area contributed by atoms with E-state index in [1.165, 1.54) is 106 Å². The summed E-state index contributed by atoms with van der Waals surface area (Å²) in [6, 6.07) is 68.7. The van der Waals surface area contributed by atoms with Crippen LogP contribution in [0.4, 0.5) is 30.6 Å². The first-order chi connectivity index (χ1) is 69.9. The predicted molar refractivity (Wildman–Crippen MR) is 581 cm³/mol. The quantitative estimate of drug-likeness (QED) is 0.0474. The van der Waals surface area contributed by atoms with Crippen LogP contribution in [-0.4, -0.2) is 256 Å². The molecule has 10 heterocycles. The van der Waals surface area contributed by atoms with Gasteiger partial charge in [-0.05, 0) is 229 Å². The summed E-state index contributed by atoms with van der Waals surface area (Å²) in [4.78, 5) is 94.3. The summed E-state index contributed by atoms with van der Waals surface area (Å²) < 4.78 is 55.9. The van der Waals surface area contributed by atoms with Crippen LogP contribution in [0.15, 0.2) is 259 Å². The van der Waals surface area contributed by atoms with Gasteiger partial charge in [0, 0.05) is 256 Å². The van der Waals surface area contributed by atoms with Gasteiger partial charge in [-0.3, -0.25) is 14.5 Å². The number of aliphatic imine (C=N–C) groups is 1. The number of benzene rings is 9. The molecule has 1 aromatic heterocycles. The molecule has 34 heteroatoms. The van der Waals surface area contributed by atoms with Gasteiger partial charge in [-0.15, -0.1) is 70.6 Å². The van der Waals surface area contributed by atoms with Crippen LogP contribution in [-0.2, 0) is 80.1 Å². The van der Waals surface area contributed by atoms with Gasteiger partial charge in [-0.1, -0.05) is 85.3 Å². The van der Waals surface area contributed by atoms with E-state index < -0.39 is 10.2 Å². The van der Waals surface area contributed by atoms with Crippen LogP contribution in [0.25, 0.3) is 0 Å². The molecule has 10 aromatic rings. The lowest BCUT2D eigenvalue weighted by molar-refractivity contribution is -0.132. The van der Waals surface area contributed by atoms with Crippen LogP contribution in [0.2, 0.25) is 0 Å². The van der Waals surface area contributed by atoms with Gasteiger partial charge < -0.3 is 83.8 Å². The number of nitrogens with zero attached hydrogens (tertiary/aromatic N) is 10. The van der Waals surface area contributed by atoms with Crippen molar-refractivity contribution in [2.75, 3.05) is 178 Å². The Bertz CT molecular complexity index is 6040. The van der Waals surface area contributed by atoms with E-state index in [0.29, 0.717) is 77.6 Å². The van der Waals surface area contributed by atoms with Crippen molar-refractivity contribution in [2.24, 2.45) is 4.99 Å². The van der Waals surface area contributed by atoms with Crippen LogP contribution in [0.1, 0.15) is 101 Å². The second-order valence-corrected chi connectivity index (χ2v) is 44.1. The molecule has 0 saturated carbocycles. The minimum absolute atomic E-state index is 0.00164. The van der Waals surface area contributed by atoms with Crippen LogP contribution >= 0.6 is 70.6 Å². The molecule has 27 nitrogen and oxygen atoms in total. The number of anilines is 2. The zero-order valence-electron chi connectivity index (χ0n) is 82.5. The number of aryl methyl sites for hydroxylation is 2. The predicted octanol–water partition coefficient (Wildman–Crippen LogP) is 19.4. The Morgan fingerprint density at radius 2 is 0.846 bits per heavy atom. The number of ether oxygens (including phenoxy) is 5. The van der Waals surface area contributed by atoms with Crippen molar-refractivity contribution in [3.8, 4) is 28.7 Å². The van der Waals surface area contributed by atoms with E-state index in [-0.39, 0.29) is 30.0 Å². The van der Waals surface area contributed by atoms with E-state index >= 15 is 0 Å². The molecule has 9 aromatic carbocycles. The Hall–Kier alpha value is -11.2. The summed E-state index contributed by atoms with van der Waals surface area (Å²) in [7, 11) is 4.72. The first kappa shape index (κ1) is 106. The Morgan fingerprint density at radius 1 is 0.392 bits per heavy atom. The first-order valence-corrected chi connectivity index (χ1v) is 56.6. The lowest BCUT2D eigenvalue weighted by atomic mass is 10.1. The fraction of sp³-hybridized carbons (Fsp3) is 0.394. The van der Waals surface area contributed by atoms with Crippen molar-refractivity contribution in [1.29, 1.82) is 0 Å². The number of nitrogens with one attached hydrogen (secondary N) is 5. The molecule has 0 spiro atoms. The maximum Gasteiger partial charge on any atom is 0.320 e. The number of para-hydroxylation sites is 2. The highest BCUT2D eigenvalue weighted by Crippen LogP contribution is 2.38. The molecule has 758 valence electrons. The van der Waals surface area contributed by atoms with Gasteiger partial charge in [-0.25, -0.2) is 19.2 Å². The number of rotatable bonds is 20. The Kier molecular flexibility index (Phi) is 40.5. The Balaban J connectivity index is 0.000000130. The van der Waals surface area contributed by atoms with Gasteiger partial charge in [-0.2, -0.15) is 12.7 Å². The fourth-order valence-corrected chi connectivity index (χ4v) is 25.5. The van der Waals surface area contributed by atoms with Gasteiger partial charge in [0.2, 0.25) is 5.91 Å². The van der Waals surface area contributed by atoms with Crippen molar-refractivity contribution in [1.82, 2.24) is 59.5 Å². The molecule has 0 bridgehead atoms. The summed E-state index contributed by atoms with van der Waals surface area (Å²) in [5.41, 5.74) is 15.0. The minimum Gasteiger partial charge on any atom is -0.497 e. The SMILES string of the molecule is COc1ccc2c(c1)CN(C(=O)CCN1CCCCC1)CCS2.COc1ccc2c(c1)CN(C(=O)N1CCN(c3ccccc3)CC1)CCS2.COc1ccc2c(c1)CN(C(=O)NCCc1ccc[nH]1)CCS2.COc1ccc2c(c1)CN(C(=O)NCc1ccc3c(c1)CCC3)CCS2.COc1ccc2c(c1)CN(S(=O)(=O)Nc1ccccc1)CCS2.O=C(NCCC1=CCC=N1)N1CCSc2ccccc2C1. The van der Waals surface area contributed by atoms with Crippen molar-refractivity contribution in [2.45, 2.75) is 139 Å². The van der Waals surface area contributed by atoms with Crippen LogP contribution in [0.5, 0.6) is 28.7 Å². The van der Waals surface area contributed by atoms with Gasteiger partial charge in [0.25, 0.3) is 0 Å².